The predicted molar refractivity (Wildman–Crippen MR) is 46.7 cm³/mol. The number of aliphatic hydroxyl groups excluding tert-OH is 1. The van der Waals surface area contributed by atoms with Gasteiger partial charge in [0.1, 0.15) is 5.75 Å². The normalized spacial score (nSPS) is 15.6. The van der Waals surface area contributed by atoms with E-state index in [0.717, 1.165) is 5.56 Å². The third kappa shape index (κ3) is 1.96. The summed E-state index contributed by atoms with van der Waals surface area (Å²) in [4.78, 5) is 0. The van der Waals surface area contributed by atoms with Crippen molar-refractivity contribution in [2.24, 2.45) is 5.73 Å². The van der Waals surface area contributed by atoms with Gasteiger partial charge in [0, 0.05) is 6.04 Å². The van der Waals surface area contributed by atoms with Crippen molar-refractivity contribution in [1.29, 1.82) is 0 Å². The van der Waals surface area contributed by atoms with Crippen molar-refractivity contribution in [3.63, 3.8) is 0 Å². The highest BCUT2D eigenvalue weighted by atomic mass is 16.3. The minimum Gasteiger partial charge on any atom is -0.508 e. The van der Waals surface area contributed by atoms with E-state index >= 15 is 0 Å². The number of rotatable bonds is 2. The van der Waals surface area contributed by atoms with E-state index in [2.05, 4.69) is 0 Å². The van der Waals surface area contributed by atoms with Crippen molar-refractivity contribution in [2.75, 3.05) is 0 Å². The van der Waals surface area contributed by atoms with Crippen LogP contribution in [0.25, 0.3) is 0 Å². The summed E-state index contributed by atoms with van der Waals surface area (Å²) in [5.74, 6) is 0.190. The van der Waals surface area contributed by atoms with Gasteiger partial charge in [-0.25, -0.2) is 0 Å². The molecule has 12 heavy (non-hydrogen) atoms. The molecule has 0 radical (unpaired) electrons. The Labute approximate surface area is 71.5 Å². The average molecular weight is 167 g/mol. The number of hydrogen-bond donors (Lipinski definition) is 3. The van der Waals surface area contributed by atoms with E-state index in [1.165, 1.54) is 12.1 Å². The van der Waals surface area contributed by atoms with Gasteiger partial charge in [0.15, 0.2) is 0 Å². The quantitative estimate of drug-likeness (QED) is 0.609. The lowest BCUT2D eigenvalue weighted by Gasteiger charge is -2.14. The van der Waals surface area contributed by atoms with Crippen molar-refractivity contribution < 1.29 is 10.2 Å². The lowest BCUT2D eigenvalue weighted by molar-refractivity contribution is 0.153. The summed E-state index contributed by atoms with van der Waals surface area (Å²) in [7, 11) is 0. The van der Waals surface area contributed by atoms with Crippen LogP contribution in [-0.4, -0.2) is 16.3 Å². The number of benzene rings is 1. The number of phenolic OH excluding ortho intramolecular Hbond substituents is 1. The lowest BCUT2D eigenvalue weighted by Crippen LogP contribution is -2.24. The maximum atomic E-state index is 9.48. The van der Waals surface area contributed by atoms with E-state index in [-0.39, 0.29) is 11.8 Å². The Morgan fingerprint density at radius 1 is 1.25 bits per heavy atom. The maximum Gasteiger partial charge on any atom is 0.115 e. The molecule has 0 unspecified atom stereocenters. The summed E-state index contributed by atoms with van der Waals surface area (Å²) in [6.07, 6.45) is -0.661. The van der Waals surface area contributed by atoms with Crippen LogP contribution >= 0.6 is 0 Å². The van der Waals surface area contributed by atoms with E-state index in [1.54, 1.807) is 19.1 Å². The van der Waals surface area contributed by atoms with E-state index in [0.29, 0.717) is 0 Å². The molecule has 0 aliphatic carbocycles. The van der Waals surface area contributed by atoms with Gasteiger partial charge >= 0.3 is 0 Å². The number of nitrogens with two attached hydrogens (primary N) is 1. The summed E-state index contributed by atoms with van der Waals surface area (Å²) < 4.78 is 0. The molecule has 0 saturated heterocycles. The van der Waals surface area contributed by atoms with Crippen molar-refractivity contribution in [1.82, 2.24) is 0 Å². The van der Waals surface area contributed by atoms with Crippen molar-refractivity contribution >= 4 is 0 Å². The highest BCUT2D eigenvalue weighted by Crippen LogP contribution is 2.18. The lowest BCUT2D eigenvalue weighted by atomic mass is 10.0. The first-order valence-electron chi connectivity index (χ1n) is 3.84. The molecule has 3 heteroatoms. The van der Waals surface area contributed by atoms with Gasteiger partial charge in [0.2, 0.25) is 0 Å². The van der Waals surface area contributed by atoms with Gasteiger partial charge in [-0.15, -0.1) is 0 Å². The van der Waals surface area contributed by atoms with Crippen LogP contribution in [0.1, 0.15) is 18.6 Å². The number of aliphatic hydroxyl groups is 1. The van der Waals surface area contributed by atoms with Gasteiger partial charge in [0.05, 0.1) is 6.10 Å². The molecular formula is C9H13NO2. The SMILES string of the molecule is C[C@@H](N)[C@H](O)c1ccc(O)cc1. The number of phenols is 1. The largest absolute Gasteiger partial charge is 0.508 e. The monoisotopic (exact) mass is 167 g/mol. The average Bonchev–Trinajstić information content (AvgIpc) is 2.04. The molecule has 66 valence electrons. The molecule has 0 aliphatic heterocycles. The van der Waals surface area contributed by atoms with Crippen molar-refractivity contribution in [2.45, 2.75) is 19.1 Å². The molecule has 0 amide bonds. The summed E-state index contributed by atoms with van der Waals surface area (Å²) in [5, 5.41) is 18.4. The fraction of sp³-hybridized carbons (Fsp3) is 0.333. The second kappa shape index (κ2) is 3.56. The molecule has 0 heterocycles. The molecule has 0 fully saturated rings. The van der Waals surface area contributed by atoms with E-state index in [9.17, 15) is 5.11 Å². The van der Waals surface area contributed by atoms with E-state index in [1.807, 2.05) is 0 Å². The zero-order valence-corrected chi connectivity index (χ0v) is 6.94. The Balaban J connectivity index is 2.82. The Kier molecular flexibility index (Phi) is 2.68. The summed E-state index contributed by atoms with van der Waals surface area (Å²) in [5.41, 5.74) is 6.22. The standard InChI is InChI=1S/C9H13NO2/c1-6(10)9(12)7-2-4-8(11)5-3-7/h2-6,9,11-12H,10H2,1H3/t6-,9+/m1/s1. The molecule has 2 atom stereocenters. The minimum atomic E-state index is -0.661. The van der Waals surface area contributed by atoms with Gasteiger partial charge in [-0.1, -0.05) is 12.1 Å². The topological polar surface area (TPSA) is 66.5 Å². The van der Waals surface area contributed by atoms with Crippen LogP contribution in [0.15, 0.2) is 24.3 Å². The zero-order chi connectivity index (χ0) is 9.14. The second-order valence-electron chi connectivity index (χ2n) is 2.90. The van der Waals surface area contributed by atoms with Crippen LogP contribution in [0, 0.1) is 0 Å². The predicted octanol–water partition coefficient (Wildman–Crippen LogP) is 0.773. The second-order valence-corrected chi connectivity index (χ2v) is 2.90. The maximum absolute atomic E-state index is 9.48. The molecule has 0 saturated carbocycles. The molecule has 1 aromatic carbocycles. The highest BCUT2D eigenvalue weighted by Gasteiger charge is 2.11. The Morgan fingerprint density at radius 2 is 1.75 bits per heavy atom. The van der Waals surface area contributed by atoms with Crippen molar-refractivity contribution in [3.8, 4) is 5.75 Å². The number of aromatic hydroxyl groups is 1. The van der Waals surface area contributed by atoms with E-state index < -0.39 is 6.10 Å². The van der Waals surface area contributed by atoms with Gasteiger partial charge in [-0.2, -0.15) is 0 Å². The molecule has 0 aliphatic rings. The first-order chi connectivity index (χ1) is 5.61. The first-order valence-corrected chi connectivity index (χ1v) is 3.84. The fourth-order valence-electron chi connectivity index (χ4n) is 0.975. The molecule has 1 rings (SSSR count). The van der Waals surface area contributed by atoms with Gasteiger partial charge in [0.25, 0.3) is 0 Å². The number of hydrogen-bond acceptors (Lipinski definition) is 3. The molecular weight excluding hydrogens is 154 g/mol. The molecule has 0 aromatic heterocycles. The smallest absolute Gasteiger partial charge is 0.115 e. The Bertz CT molecular complexity index is 243. The van der Waals surface area contributed by atoms with Gasteiger partial charge in [-0.3, -0.25) is 0 Å². The highest BCUT2D eigenvalue weighted by molar-refractivity contribution is 5.27. The third-order valence-corrected chi connectivity index (χ3v) is 1.73. The van der Waals surface area contributed by atoms with Gasteiger partial charge < -0.3 is 15.9 Å². The summed E-state index contributed by atoms with van der Waals surface area (Å²) in [6, 6.07) is 6.07. The van der Waals surface area contributed by atoms with Gasteiger partial charge in [-0.05, 0) is 24.6 Å². The van der Waals surface area contributed by atoms with Crippen molar-refractivity contribution in [3.05, 3.63) is 29.8 Å². The van der Waals surface area contributed by atoms with Crippen LogP contribution in [-0.2, 0) is 0 Å². The van der Waals surface area contributed by atoms with Crippen LogP contribution in [0.4, 0.5) is 0 Å². The van der Waals surface area contributed by atoms with Crippen LogP contribution in [0.3, 0.4) is 0 Å². The molecule has 0 spiro atoms. The van der Waals surface area contributed by atoms with Crippen LogP contribution < -0.4 is 5.73 Å². The first kappa shape index (κ1) is 9.03. The summed E-state index contributed by atoms with van der Waals surface area (Å²) in [6.45, 7) is 1.73. The minimum absolute atomic E-state index is 0.190. The third-order valence-electron chi connectivity index (χ3n) is 1.73. The Morgan fingerprint density at radius 3 is 2.17 bits per heavy atom. The van der Waals surface area contributed by atoms with E-state index in [4.69, 9.17) is 10.8 Å². The Hall–Kier alpha value is -1.06. The summed E-state index contributed by atoms with van der Waals surface area (Å²) >= 11 is 0. The molecule has 4 N–H and O–H groups in total. The van der Waals surface area contributed by atoms with Crippen LogP contribution in [0.2, 0.25) is 0 Å². The van der Waals surface area contributed by atoms with Crippen LogP contribution in [0.5, 0.6) is 5.75 Å². The zero-order valence-electron chi connectivity index (χ0n) is 6.94. The molecule has 0 bridgehead atoms. The fourth-order valence-corrected chi connectivity index (χ4v) is 0.975. The molecule has 3 nitrogen and oxygen atoms in total. The molecule has 1 aromatic rings.